The third kappa shape index (κ3) is 4.95. The number of benzene rings is 1. The summed E-state index contributed by atoms with van der Waals surface area (Å²) in [6.07, 6.45) is -4.53. The zero-order valence-electron chi connectivity index (χ0n) is 10.1. The Hall–Kier alpha value is -1.38. The molecule has 0 aliphatic heterocycles. The van der Waals surface area contributed by atoms with Crippen LogP contribution < -0.4 is 10.6 Å². The largest absolute Gasteiger partial charge is 0.405 e. The normalized spacial score (nSPS) is 12.9. The van der Waals surface area contributed by atoms with Gasteiger partial charge in [0.1, 0.15) is 24.2 Å². The Labute approximate surface area is 119 Å². The van der Waals surface area contributed by atoms with Gasteiger partial charge in [-0.3, -0.25) is 4.79 Å². The fourth-order valence-electron chi connectivity index (χ4n) is 1.27. The average Bonchev–Trinajstić information content (AvgIpc) is 2.31. The van der Waals surface area contributed by atoms with Crippen molar-refractivity contribution in [2.24, 2.45) is 0 Å². The molecule has 0 spiro atoms. The zero-order chi connectivity index (χ0) is 15.5. The summed E-state index contributed by atoms with van der Waals surface area (Å²) < 4.78 is 62.1. The monoisotopic (exact) mass is 360 g/mol. The summed E-state index contributed by atoms with van der Waals surface area (Å²) in [5, 5.41) is 4.02. The lowest BCUT2D eigenvalue weighted by molar-refractivity contribution is -0.138. The first-order chi connectivity index (χ1) is 9.10. The van der Waals surface area contributed by atoms with Gasteiger partial charge in [0, 0.05) is 6.07 Å². The molecule has 1 rings (SSSR count). The van der Waals surface area contributed by atoms with E-state index in [0.717, 1.165) is 6.07 Å². The molecule has 3 nitrogen and oxygen atoms in total. The second kappa shape index (κ2) is 6.38. The van der Waals surface area contributed by atoms with E-state index >= 15 is 0 Å². The number of rotatable bonds is 4. The van der Waals surface area contributed by atoms with E-state index in [1.54, 1.807) is 5.32 Å². The molecule has 1 atom stereocenters. The number of alkyl halides is 3. The molecular weight excluding hydrogens is 351 g/mol. The van der Waals surface area contributed by atoms with Gasteiger partial charge in [0.2, 0.25) is 5.91 Å². The first-order valence-electron chi connectivity index (χ1n) is 5.35. The minimum atomic E-state index is -4.53. The van der Waals surface area contributed by atoms with Crippen molar-refractivity contribution in [2.75, 3.05) is 11.9 Å². The van der Waals surface area contributed by atoms with Gasteiger partial charge in [0.25, 0.3) is 0 Å². The lowest BCUT2D eigenvalue weighted by atomic mass is 10.2. The fraction of sp³-hybridized carbons (Fsp3) is 0.364. The quantitative estimate of drug-likeness (QED) is 0.639. The highest BCUT2D eigenvalue weighted by molar-refractivity contribution is 9.10. The number of amides is 1. The fourth-order valence-corrected chi connectivity index (χ4v) is 1.62. The van der Waals surface area contributed by atoms with E-state index < -0.39 is 36.3 Å². The minimum absolute atomic E-state index is 0.0377. The highest BCUT2D eigenvalue weighted by Gasteiger charge is 2.28. The maximum atomic E-state index is 13.4. The number of hydrogen-bond acceptors (Lipinski definition) is 2. The number of carbonyl (C=O) groups is 1. The van der Waals surface area contributed by atoms with E-state index in [2.05, 4.69) is 21.2 Å². The van der Waals surface area contributed by atoms with Gasteiger partial charge in [-0.1, -0.05) is 0 Å². The molecule has 1 aromatic carbocycles. The molecule has 20 heavy (non-hydrogen) atoms. The Balaban J connectivity index is 2.69. The van der Waals surface area contributed by atoms with Crippen LogP contribution >= 0.6 is 15.9 Å². The molecule has 0 saturated heterocycles. The van der Waals surface area contributed by atoms with Crippen LogP contribution in [0.2, 0.25) is 0 Å². The van der Waals surface area contributed by atoms with Crippen LogP contribution in [0.3, 0.4) is 0 Å². The van der Waals surface area contributed by atoms with Crippen molar-refractivity contribution in [1.29, 1.82) is 0 Å². The predicted molar refractivity (Wildman–Crippen MR) is 66.2 cm³/mol. The summed E-state index contributed by atoms with van der Waals surface area (Å²) in [4.78, 5) is 11.4. The van der Waals surface area contributed by atoms with E-state index in [1.807, 2.05) is 0 Å². The van der Waals surface area contributed by atoms with Crippen LogP contribution in [0, 0.1) is 11.6 Å². The average molecular weight is 361 g/mol. The van der Waals surface area contributed by atoms with Gasteiger partial charge in [0.15, 0.2) is 0 Å². The molecule has 9 heteroatoms. The molecule has 0 aromatic heterocycles. The molecule has 0 aliphatic carbocycles. The second-order valence-corrected chi connectivity index (χ2v) is 4.80. The van der Waals surface area contributed by atoms with E-state index in [9.17, 15) is 26.7 Å². The number of carbonyl (C=O) groups excluding carboxylic acids is 1. The number of hydrogen-bond donors (Lipinski definition) is 2. The Morgan fingerprint density at radius 1 is 1.30 bits per heavy atom. The Morgan fingerprint density at radius 2 is 1.90 bits per heavy atom. The minimum Gasteiger partial charge on any atom is -0.371 e. The molecule has 0 radical (unpaired) electrons. The Kier molecular flexibility index (Phi) is 5.32. The van der Waals surface area contributed by atoms with Crippen LogP contribution in [0.4, 0.5) is 27.6 Å². The van der Waals surface area contributed by atoms with Gasteiger partial charge in [0.05, 0.1) is 10.2 Å². The van der Waals surface area contributed by atoms with Crippen LogP contribution in [-0.4, -0.2) is 24.7 Å². The second-order valence-electron chi connectivity index (χ2n) is 3.95. The standard InChI is InChI=1S/C11H10BrF5N2O/c1-5(10(20)18-4-11(15,16)17)19-9-2-6(12)7(13)3-8(9)14/h2-3,5,19H,4H2,1H3,(H,18,20). The predicted octanol–water partition coefficient (Wildman–Crippen LogP) is 3.21. The smallest absolute Gasteiger partial charge is 0.371 e. The third-order valence-electron chi connectivity index (χ3n) is 2.24. The van der Waals surface area contributed by atoms with Crippen molar-refractivity contribution in [3.05, 3.63) is 28.2 Å². The molecule has 0 fully saturated rings. The molecule has 0 aliphatic rings. The first-order valence-corrected chi connectivity index (χ1v) is 6.15. The molecule has 0 saturated carbocycles. The van der Waals surface area contributed by atoms with Gasteiger partial charge < -0.3 is 10.6 Å². The summed E-state index contributed by atoms with van der Waals surface area (Å²) in [5.74, 6) is -2.74. The third-order valence-corrected chi connectivity index (χ3v) is 2.85. The zero-order valence-corrected chi connectivity index (χ0v) is 11.7. The van der Waals surface area contributed by atoms with Gasteiger partial charge in [-0.15, -0.1) is 0 Å². The van der Waals surface area contributed by atoms with Crippen LogP contribution in [0.15, 0.2) is 16.6 Å². The summed E-state index contributed by atoms with van der Waals surface area (Å²) >= 11 is 2.83. The number of nitrogens with one attached hydrogen (secondary N) is 2. The Morgan fingerprint density at radius 3 is 2.45 bits per heavy atom. The first kappa shape index (κ1) is 16.7. The molecule has 1 amide bonds. The molecular formula is C11H10BrF5N2O. The van der Waals surface area contributed by atoms with Crippen molar-refractivity contribution in [3.8, 4) is 0 Å². The van der Waals surface area contributed by atoms with E-state index in [1.165, 1.54) is 6.92 Å². The summed E-state index contributed by atoms with van der Waals surface area (Å²) in [6.45, 7) is -0.226. The lowest BCUT2D eigenvalue weighted by Crippen LogP contribution is -2.42. The topological polar surface area (TPSA) is 41.1 Å². The van der Waals surface area contributed by atoms with Crippen LogP contribution in [0.25, 0.3) is 0 Å². The van der Waals surface area contributed by atoms with Gasteiger partial charge >= 0.3 is 6.18 Å². The summed E-state index contributed by atoms with van der Waals surface area (Å²) in [5.41, 5.74) is -0.201. The number of anilines is 1. The van der Waals surface area contributed by atoms with Crippen molar-refractivity contribution < 1.29 is 26.7 Å². The SMILES string of the molecule is CC(Nc1cc(Br)c(F)cc1F)C(=O)NCC(F)(F)F. The van der Waals surface area contributed by atoms with Gasteiger partial charge in [-0.2, -0.15) is 13.2 Å². The van der Waals surface area contributed by atoms with Crippen LogP contribution in [-0.2, 0) is 4.79 Å². The molecule has 2 N–H and O–H groups in total. The van der Waals surface area contributed by atoms with Crippen LogP contribution in [0.5, 0.6) is 0 Å². The molecule has 112 valence electrons. The van der Waals surface area contributed by atoms with Crippen LogP contribution in [0.1, 0.15) is 6.92 Å². The van der Waals surface area contributed by atoms with Gasteiger partial charge in [-0.05, 0) is 28.9 Å². The lowest BCUT2D eigenvalue weighted by Gasteiger charge is -2.17. The molecule has 0 heterocycles. The van der Waals surface area contributed by atoms with Crippen molar-refractivity contribution in [1.82, 2.24) is 5.32 Å². The van der Waals surface area contributed by atoms with E-state index in [0.29, 0.717) is 6.07 Å². The van der Waals surface area contributed by atoms with E-state index in [-0.39, 0.29) is 10.2 Å². The summed E-state index contributed by atoms with van der Waals surface area (Å²) in [7, 11) is 0. The van der Waals surface area contributed by atoms with Crippen molar-refractivity contribution in [2.45, 2.75) is 19.1 Å². The Bertz CT molecular complexity index is 506. The highest BCUT2D eigenvalue weighted by atomic mass is 79.9. The summed E-state index contributed by atoms with van der Waals surface area (Å²) in [6, 6.07) is 0.523. The highest BCUT2D eigenvalue weighted by Crippen LogP contribution is 2.24. The van der Waals surface area contributed by atoms with Crippen molar-refractivity contribution >= 4 is 27.5 Å². The molecule has 0 bridgehead atoms. The maximum Gasteiger partial charge on any atom is 0.405 e. The molecule has 1 aromatic rings. The van der Waals surface area contributed by atoms with Gasteiger partial charge in [-0.25, -0.2) is 8.78 Å². The van der Waals surface area contributed by atoms with E-state index in [4.69, 9.17) is 0 Å². The number of halogens is 6. The maximum absolute atomic E-state index is 13.4. The van der Waals surface area contributed by atoms with Crippen molar-refractivity contribution in [3.63, 3.8) is 0 Å². The molecule has 1 unspecified atom stereocenters.